The van der Waals surface area contributed by atoms with Crippen LogP contribution in [0.15, 0.2) is 18.7 Å². The molecule has 13 heavy (non-hydrogen) atoms. The predicted molar refractivity (Wildman–Crippen MR) is 53.3 cm³/mol. The summed E-state index contributed by atoms with van der Waals surface area (Å²) in [6, 6.07) is 0. The maximum absolute atomic E-state index is 5.81. The molecular weight excluding hydrogens is 162 g/mol. The summed E-state index contributed by atoms with van der Waals surface area (Å²) in [5.74, 6) is 0. The van der Waals surface area contributed by atoms with Crippen LogP contribution in [0.2, 0.25) is 0 Å². The van der Waals surface area contributed by atoms with Crippen molar-refractivity contribution in [3.05, 3.63) is 24.3 Å². The van der Waals surface area contributed by atoms with Crippen LogP contribution in [0.4, 0.5) is 0 Å². The minimum absolute atomic E-state index is 0.0707. The molecule has 0 aliphatic heterocycles. The van der Waals surface area contributed by atoms with Crippen molar-refractivity contribution in [1.29, 1.82) is 0 Å². The summed E-state index contributed by atoms with van der Waals surface area (Å²) in [6.45, 7) is 4.97. The molecule has 0 unspecified atom stereocenters. The maximum atomic E-state index is 5.81. The van der Waals surface area contributed by atoms with E-state index in [4.69, 9.17) is 5.73 Å². The molecular formula is C10H17N3. The quantitative estimate of drug-likeness (QED) is 0.762. The van der Waals surface area contributed by atoms with Crippen LogP contribution in [0.5, 0.6) is 0 Å². The number of hydrogen-bond donors (Lipinski definition) is 1. The number of rotatable bonds is 4. The van der Waals surface area contributed by atoms with Gasteiger partial charge in [0, 0.05) is 24.4 Å². The summed E-state index contributed by atoms with van der Waals surface area (Å²) in [7, 11) is 0. The molecule has 0 radical (unpaired) electrons. The van der Waals surface area contributed by atoms with Gasteiger partial charge in [0.25, 0.3) is 0 Å². The third-order valence-corrected chi connectivity index (χ3v) is 2.92. The first kappa shape index (κ1) is 10.1. The van der Waals surface area contributed by atoms with Crippen LogP contribution in [0, 0.1) is 0 Å². The number of aromatic nitrogens is 2. The lowest BCUT2D eigenvalue weighted by atomic mass is 9.77. The first-order chi connectivity index (χ1) is 6.29. The van der Waals surface area contributed by atoms with Gasteiger partial charge in [-0.05, 0) is 18.4 Å². The summed E-state index contributed by atoms with van der Waals surface area (Å²) >= 11 is 0. The Bertz CT molecular complexity index is 233. The van der Waals surface area contributed by atoms with Gasteiger partial charge in [-0.15, -0.1) is 0 Å². The summed E-state index contributed by atoms with van der Waals surface area (Å²) in [4.78, 5) is 8.06. The molecule has 3 nitrogen and oxygen atoms in total. The molecule has 0 spiro atoms. The minimum atomic E-state index is 0.0707. The van der Waals surface area contributed by atoms with Gasteiger partial charge >= 0.3 is 0 Å². The summed E-state index contributed by atoms with van der Waals surface area (Å²) < 4.78 is 0. The van der Waals surface area contributed by atoms with Gasteiger partial charge in [-0.1, -0.05) is 13.8 Å². The van der Waals surface area contributed by atoms with Gasteiger partial charge < -0.3 is 5.73 Å². The SMILES string of the molecule is CCC(CC)(CN)c1cncnc1. The van der Waals surface area contributed by atoms with Crippen LogP contribution in [-0.4, -0.2) is 16.5 Å². The fraction of sp³-hybridized carbons (Fsp3) is 0.600. The van der Waals surface area contributed by atoms with Gasteiger partial charge in [-0.2, -0.15) is 0 Å². The van der Waals surface area contributed by atoms with Crippen molar-refractivity contribution >= 4 is 0 Å². The highest BCUT2D eigenvalue weighted by atomic mass is 14.8. The lowest BCUT2D eigenvalue weighted by molar-refractivity contribution is 0.404. The van der Waals surface area contributed by atoms with Gasteiger partial charge in [0.15, 0.2) is 0 Å². The third kappa shape index (κ3) is 1.86. The molecule has 0 fully saturated rings. The van der Waals surface area contributed by atoms with E-state index in [2.05, 4.69) is 23.8 Å². The van der Waals surface area contributed by atoms with Crippen molar-refractivity contribution in [3.63, 3.8) is 0 Å². The molecule has 0 aliphatic rings. The Hall–Kier alpha value is -0.960. The van der Waals surface area contributed by atoms with Crippen molar-refractivity contribution in [2.45, 2.75) is 32.1 Å². The molecule has 3 heteroatoms. The molecule has 0 saturated heterocycles. The highest BCUT2D eigenvalue weighted by molar-refractivity contribution is 5.18. The fourth-order valence-corrected chi connectivity index (χ4v) is 1.64. The zero-order valence-electron chi connectivity index (χ0n) is 8.33. The van der Waals surface area contributed by atoms with E-state index < -0.39 is 0 Å². The Kier molecular flexibility index (Phi) is 3.37. The van der Waals surface area contributed by atoms with E-state index in [1.54, 1.807) is 6.33 Å². The van der Waals surface area contributed by atoms with Crippen molar-refractivity contribution in [2.24, 2.45) is 5.73 Å². The molecule has 0 bridgehead atoms. The van der Waals surface area contributed by atoms with Crippen LogP contribution in [-0.2, 0) is 5.41 Å². The summed E-state index contributed by atoms with van der Waals surface area (Å²) in [6.07, 6.45) is 7.36. The average molecular weight is 179 g/mol. The Labute approximate surface area is 79.4 Å². The molecule has 0 aliphatic carbocycles. The molecule has 1 heterocycles. The van der Waals surface area contributed by atoms with Crippen molar-refractivity contribution in [2.75, 3.05) is 6.54 Å². The van der Waals surface area contributed by atoms with Gasteiger partial charge in [-0.25, -0.2) is 9.97 Å². The van der Waals surface area contributed by atoms with E-state index in [0.717, 1.165) is 18.4 Å². The monoisotopic (exact) mass is 179 g/mol. The summed E-state index contributed by atoms with van der Waals surface area (Å²) in [5.41, 5.74) is 7.03. The van der Waals surface area contributed by atoms with Crippen LogP contribution in [0.3, 0.4) is 0 Å². The number of nitrogens with zero attached hydrogens (tertiary/aromatic N) is 2. The summed E-state index contributed by atoms with van der Waals surface area (Å²) in [5, 5.41) is 0. The van der Waals surface area contributed by atoms with E-state index in [1.165, 1.54) is 0 Å². The maximum Gasteiger partial charge on any atom is 0.115 e. The zero-order valence-corrected chi connectivity index (χ0v) is 8.33. The van der Waals surface area contributed by atoms with E-state index in [1.807, 2.05) is 12.4 Å². The van der Waals surface area contributed by atoms with Crippen LogP contribution in [0.1, 0.15) is 32.3 Å². The molecule has 0 amide bonds. The lowest BCUT2D eigenvalue weighted by Gasteiger charge is -2.29. The minimum Gasteiger partial charge on any atom is -0.330 e. The molecule has 2 N–H and O–H groups in total. The second-order valence-corrected chi connectivity index (χ2v) is 3.32. The van der Waals surface area contributed by atoms with Gasteiger partial charge in [0.2, 0.25) is 0 Å². The van der Waals surface area contributed by atoms with E-state index >= 15 is 0 Å². The first-order valence-corrected chi connectivity index (χ1v) is 4.74. The van der Waals surface area contributed by atoms with Gasteiger partial charge in [0.1, 0.15) is 6.33 Å². The van der Waals surface area contributed by atoms with Crippen LogP contribution < -0.4 is 5.73 Å². The standard InChI is InChI=1S/C10H17N3/c1-3-10(4-2,7-11)9-5-12-8-13-6-9/h5-6,8H,3-4,7,11H2,1-2H3. The fourth-order valence-electron chi connectivity index (χ4n) is 1.64. The average Bonchev–Trinajstić information content (AvgIpc) is 2.23. The van der Waals surface area contributed by atoms with Gasteiger partial charge in [0.05, 0.1) is 0 Å². The van der Waals surface area contributed by atoms with E-state index in [-0.39, 0.29) is 5.41 Å². The molecule has 72 valence electrons. The zero-order chi connectivity index (χ0) is 9.73. The molecule has 0 atom stereocenters. The topological polar surface area (TPSA) is 51.8 Å². The normalized spacial score (nSPS) is 11.6. The Morgan fingerprint density at radius 2 is 1.77 bits per heavy atom. The lowest BCUT2D eigenvalue weighted by Crippen LogP contribution is -2.34. The van der Waals surface area contributed by atoms with E-state index in [0.29, 0.717) is 6.54 Å². The van der Waals surface area contributed by atoms with Crippen LogP contribution in [0.25, 0.3) is 0 Å². The van der Waals surface area contributed by atoms with Crippen LogP contribution >= 0.6 is 0 Å². The van der Waals surface area contributed by atoms with Crippen molar-refractivity contribution < 1.29 is 0 Å². The third-order valence-electron chi connectivity index (χ3n) is 2.92. The second kappa shape index (κ2) is 4.33. The predicted octanol–water partition coefficient (Wildman–Crippen LogP) is 1.49. The Balaban J connectivity index is 3.01. The molecule has 1 aromatic rings. The smallest absolute Gasteiger partial charge is 0.115 e. The Morgan fingerprint density at radius 3 is 2.15 bits per heavy atom. The highest BCUT2D eigenvalue weighted by Crippen LogP contribution is 2.28. The Morgan fingerprint density at radius 1 is 1.23 bits per heavy atom. The van der Waals surface area contributed by atoms with E-state index in [9.17, 15) is 0 Å². The molecule has 0 aromatic carbocycles. The first-order valence-electron chi connectivity index (χ1n) is 4.74. The van der Waals surface area contributed by atoms with Crippen molar-refractivity contribution in [1.82, 2.24) is 9.97 Å². The largest absolute Gasteiger partial charge is 0.330 e. The molecule has 1 aromatic heterocycles. The van der Waals surface area contributed by atoms with Gasteiger partial charge in [-0.3, -0.25) is 0 Å². The number of hydrogen-bond acceptors (Lipinski definition) is 3. The van der Waals surface area contributed by atoms with Crippen molar-refractivity contribution in [3.8, 4) is 0 Å². The number of nitrogens with two attached hydrogens (primary N) is 1. The molecule has 0 saturated carbocycles. The highest BCUT2D eigenvalue weighted by Gasteiger charge is 2.26. The second-order valence-electron chi connectivity index (χ2n) is 3.32. The molecule has 1 rings (SSSR count).